The lowest BCUT2D eigenvalue weighted by molar-refractivity contribution is 0.165. The molecular weight excluding hydrogens is 366 g/mol. The van der Waals surface area contributed by atoms with Crippen LogP contribution in [0.15, 0.2) is 41.3 Å². The van der Waals surface area contributed by atoms with Gasteiger partial charge in [0.1, 0.15) is 13.2 Å². The molecular formula is C20H23NO5S. The fraction of sp³-hybridized carbons (Fsp3) is 0.400. The second-order valence-electron chi connectivity index (χ2n) is 6.91. The van der Waals surface area contributed by atoms with Crippen molar-refractivity contribution in [3.8, 4) is 11.5 Å². The number of benzene rings is 2. The van der Waals surface area contributed by atoms with E-state index in [2.05, 4.69) is 4.72 Å². The zero-order valence-corrected chi connectivity index (χ0v) is 15.8. The smallest absolute Gasteiger partial charge is 0.240 e. The molecule has 2 aromatic carbocycles. The number of sulfonamides is 1. The zero-order valence-electron chi connectivity index (χ0n) is 15.0. The summed E-state index contributed by atoms with van der Waals surface area (Å²) in [7, 11) is -3.68. The minimum absolute atomic E-state index is 0.112. The summed E-state index contributed by atoms with van der Waals surface area (Å²) in [4.78, 5) is 0.248. The summed E-state index contributed by atoms with van der Waals surface area (Å²) in [6.45, 7) is 0.839. The Morgan fingerprint density at radius 2 is 1.70 bits per heavy atom. The zero-order chi connectivity index (χ0) is 18.9. The van der Waals surface area contributed by atoms with Gasteiger partial charge < -0.3 is 14.6 Å². The van der Waals surface area contributed by atoms with E-state index in [0.29, 0.717) is 30.3 Å². The highest BCUT2D eigenvalue weighted by molar-refractivity contribution is 7.89. The van der Waals surface area contributed by atoms with E-state index in [-0.39, 0.29) is 11.4 Å². The minimum atomic E-state index is -3.68. The molecule has 0 spiro atoms. The molecule has 4 rings (SSSR count). The number of ether oxygens (including phenoxy) is 2. The predicted octanol–water partition coefficient (Wildman–Crippen LogP) is 2.35. The van der Waals surface area contributed by atoms with Gasteiger partial charge >= 0.3 is 0 Å². The minimum Gasteiger partial charge on any atom is -0.486 e. The van der Waals surface area contributed by atoms with E-state index in [0.717, 1.165) is 31.2 Å². The van der Waals surface area contributed by atoms with Gasteiger partial charge in [0.05, 0.1) is 11.0 Å². The van der Waals surface area contributed by atoms with E-state index in [9.17, 15) is 13.5 Å². The lowest BCUT2D eigenvalue weighted by atomic mass is 9.92. The van der Waals surface area contributed by atoms with E-state index in [4.69, 9.17) is 9.47 Å². The molecule has 0 fully saturated rings. The van der Waals surface area contributed by atoms with E-state index in [1.165, 1.54) is 5.56 Å². The molecule has 0 amide bonds. The van der Waals surface area contributed by atoms with Crippen molar-refractivity contribution in [2.75, 3.05) is 19.8 Å². The molecule has 1 aliphatic heterocycles. The number of rotatable bonds is 5. The highest BCUT2D eigenvalue weighted by Crippen LogP contribution is 2.32. The largest absolute Gasteiger partial charge is 0.486 e. The van der Waals surface area contributed by atoms with Crippen molar-refractivity contribution in [3.63, 3.8) is 0 Å². The summed E-state index contributed by atoms with van der Waals surface area (Å²) in [5.41, 5.74) is 2.92. The number of hydrogen-bond acceptors (Lipinski definition) is 5. The second-order valence-corrected chi connectivity index (χ2v) is 8.68. The second kappa shape index (κ2) is 7.50. The van der Waals surface area contributed by atoms with Crippen molar-refractivity contribution >= 4 is 10.0 Å². The molecule has 1 aliphatic carbocycles. The predicted molar refractivity (Wildman–Crippen MR) is 101 cm³/mol. The van der Waals surface area contributed by atoms with Crippen LogP contribution in [0.4, 0.5) is 0 Å². The first kappa shape index (κ1) is 18.3. The maximum atomic E-state index is 12.6. The Morgan fingerprint density at radius 1 is 0.963 bits per heavy atom. The summed E-state index contributed by atoms with van der Waals surface area (Å²) in [5.74, 6) is 1.20. The molecule has 0 unspecified atom stereocenters. The molecule has 1 heterocycles. The Labute approximate surface area is 159 Å². The summed E-state index contributed by atoms with van der Waals surface area (Å²) in [6.07, 6.45) is 3.18. The molecule has 0 saturated carbocycles. The van der Waals surface area contributed by atoms with Gasteiger partial charge in [-0.05, 0) is 66.6 Å². The van der Waals surface area contributed by atoms with Crippen molar-refractivity contribution in [1.82, 2.24) is 4.72 Å². The van der Waals surface area contributed by atoms with Gasteiger partial charge in [0.2, 0.25) is 10.0 Å². The summed E-state index contributed by atoms with van der Waals surface area (Å²) < 4.78 is 38.7. The van der Waals surface area contributed by atoms with Gasteiger partial charge in [-0.1, -0.05) is 12.1 Å². The monoisotopic (exact) mass is 389 g/mol. The number of aliphatic hydroxyl groups is 1. The van der Waals surface area contributed by atoms with Crippen LogP contribution in [0, 0.1) is 0 Å². The van der Waals surface area contributed by atoms with Crippen LogP contribution in [0.3, 0.4) is 0 Å². The van der Waals surface area contributed by atoms with Crippen molar-refractivity contribution < 1.29 is 23.0 Å². The Balaban J connectivity index is 1.45. The molecule has 144 valence electrons. The van der Waals surface area contributed by atoms with Crippen molar-refractivity contribution in [3.05, 3.63) is 53.1 Å². The maximum Gasteiger partial charge on any atom is 0.240 e. The Morgan fingerprint density at radius 3 is 2.52 bits per heavy atom. The molecule has 2 N–H and O–H groups in total. The molecule has 0 aromatic heterocycles. The molecule has 0 saturated heterocycles. The third-order valence-corrected chi connectivity index (χ3v) is 6.47. The lowest BCUT2D eigenvalue weighted by Gasteiger charge is -2.20. The van der Waals surface area contributed by atoms with Gasteiger partial charge in [-0.25, -0.2) is 13.1 Å². The average Bonchev–Trinajstić information content (AvgIpc) is 2.71. The van der Waals surface area contributed by atoms with Crippen LogP contribution in [0.1, 0.15) is 35.6 Å². The van der Waals surface area contributed by atoms with Gasteiger partial charge in [0.25, 0.3) is 0 Å². The molecule has 0 bridgehead atoms. The fourth-order valence-corrected chi connectivity index (χ4v) is 4.62. The maximum absolute atomic E-state index is 12.6. The van der Waals surface area contributed by atoms with Crippen molar-refractivity contribution in [1.29, 1.82) is 0 Å². The molecule has 1 atom stereocenters. The average molecular weight is 389 g/mol. The van der Waals surface area contributed by atoms with E-state index >= 15 is 0 Å². The topological polar surface area (TPSA) is 84.9 Å². The Hall–Kier alpha value is -2.09. The first-order valence-electron chi connectivity index (χ1n) is 9.22. The number of aryl methyl sites for hydroxylation is 2. The van der Waals surface area contributed by atoms with Crippen LogP contribution in [-0.4, -0.2) is 33.3 Å². The van der Waals surface area contributed by atoms with Crippen LogP contribution in [0.5, 0.6) is 11.5 Å². The highest BCUT2D eigenvalue weighted by Gasteiger charge is 2.20. The van der Waals surface area contributed by atoms with E-state index in [1.54, 1.807) is 30.3 Å². The Bertz CT molecular complexity index is 941. The van der Waals surface area contributed by atoms with Gasteiger partial charge in [-0.15, -0.1) is 0 Å². The summed E-state index contributed by atoms with van der Waals surface area (Å²) >= 11 is 0. The first-order chi connectivity index (χ1) is 13.0. The number of nitrogens with one attached hydrogen (secondary N) is 1. The fourth-order valence-electron chi connectivity index (χ4n) is 3.53. The molecule has 7 heteroatoms. The third-order valence-electron chi connectivity index (χ3n) is 5.05. The molecule has 0 radical (unpaired) electrons. The van der Waals surface area contributed by atoms with Gasteiger partial charge in [0, 0.05) is 6.54 Å². The standard InChI is InChI=1S/C20H23NO5S/c22-18(16-6-8-19-20(12-16)26-10-9-25-19)13-21-27(23,24)17-7-5-14-3-1-2-4-15(14)11-17/h5-8,11-12,18,21-22H,1-4,9-10,13H2/t18-/m0/s1. The lowest BCUT2D eigenvalue weighted by Crippen LogP contribution is -2.29. The normalized spacial score (nSPS) is 17.2. The summed E-state index contributed by atoms with van der Waals surface area (Å²) in [5, 5.41) is 10.4. The van der Waals surface area contributed by atoms with Crippen molar-refractivity contribution in [2.24, 2.45) is 0 Å². The summed E-state index contributed by atoms with van der Waals surface area (Å²) in [6, 6.07) is 10.4. The van der Waals surface area contributed by atoms with Crippen molar-refractivity contribution in [2.45, 2.75) is 36.7 Å². The van der Waals surface area contributed by atoms with E-state index < -0.39 is 16.1 Å². The first-order valence-corrected chi connectivity index (χ1v) is 10.7. The number of fused-ring (bicyclic) bond motifs is 2. The van der Waals surface area contributed by atoms with Crippen LogP contribution in [0.2, 0.25) is 0 Å². The molecule has 6 nitrogen and oxygen atoms in total. The number of aliphatic hydroxyl groups excluding tert-OH is 1. The molecule has 2 aliphatic rings. The van der Waals surface area contributed by atoms with Gasteiger partial charge in [-0.2, -0.15) is 0 Å². The van der Waals surface area contributed by atoms with Crippen LogP contribution >= 0.6 is 0 Å². The highest BCUT2D eigenvalue weighted by atomic mass is 32.2. The quantitative estimate of drug-likeness (QED) is 0.820. The van der Waals surface area contributed by atoms with Gasteiger partial charge in [0.15, 0.2) is 11.5 Å². The molecule has 2 aromatic rings. The van der Waals surface area contributed by atoms with Crippen LogP contribution < -0.4 is 14.2 Å². The van der Waals surface area contributed by atoms with Gasteiger partial charge in [-0.3, -0.25) is 0 Å². The SMILES string of the molecule is O=S(=O)(NC[C@H](O)c1ccc2c(c1)OCCO2)c1ccc2c(c1)CCCC2. The Kier molecular flexibility index (Phi) is 5.08. The van der Waals surface area contributed by atoms with E-state index in [1.807, 2.05) is 6.07 Å². The third kappa shape index (κ3) is 3.95. The molecule has 27 heavy (non-hydrogen) atoms. The van der Waals surface area contributed by atoms with Crippen LogP contribution in [0.25, 0.3) is 0 Å². The number of hydrogen-bond donors (Lipinski definition) is 2. The van der Waals surface area contributed by atoms with Crippen LogP contribution in [-0.2, 0) is 22.9 Å².